The summed E-state index contributed by atoms with van der Waals surface area (Å²) >= 11 is 1.47. The van der Waals surface area contributed by atoms with Crippen LogP contribution < -0.4 is 4.74 Å². The maximum Gasteiger partial charge on any atom is 0.416 e. The first kappa shape index (κ1) is 21.9. The number of carbonyl (C=O) groups is 1. The highest BCUT2D eigenvalue weighted by atomic mass is 32.1. The molecule has 0 spiro atoms. The molecular formula is C23H19F3N2O3S. The number of halogens is 3. The third-order valence-corrected chi connectivity index (χ3v) is 6.31. The van der Waals surface area contributed by atoms with Gasteiger partial charge < -0.3 is 14.4 Å². The zero-order valence-electron chi connectivity index (χ0n) is 17.0. The zero-order chi connectivity index (χ0) is 22.9. The number of rotatable bonds is 7. The Hall–Kier alpha value is -3.33. The molecule has 32 heavy (non-hydrogen) atoms. The van der Waals surface area contributed by atoms with Crippen LogP contribution in [0, 0.1) is 6.92 Å². The van der Waals surface area contributed by atoms with Gasteiger partial charge in [-0.15, -0.1) is 11.3 Å². The molecule has 0 saturated carbocycles. The van der Waals surface area contributed by atoms with E-state index in [0.717, 1.165) is 33.6 Å². The molecular weight excluding hydrogens is 441 g/mol. The highest BCUT2D eigenvalue weighted by Gasteiger charge is 2.30. The molecule has 0 radical (unpaired) electrons. The van der Waals surface area contributed by atoms with Crippen LogP contribution in [0.15, 0.2) is 54.7 Å². The van der Waals surface area contributed by atoms with Crippen molar-refractivity contribution >= 4 is 28.2 Å². The van der Waals surface area contributed by atoms with Crippen molar-refractivity contribution in [3.63, 3.8) is 0 Å². The maximum absolute atomic E-state index is 12.8. The van der Waals surface area contributed by atoms with Gasteiger partial charge in [-0.3, -0.25) is 0 Å². The summed E-state index contributed by atoms with van der Waals surface area (Å²) in [5, 5.41) is 10.5. The smallest absolute Gasteiger partial charge is 0.416 e. The van der Waals surface area contributed by atoms with E-state index in [0.29, 0.717) is 29.3 Å². The van der Waals surface area contributed by atoms with Gasteiger partial charge in [0.15, 0.2) is 6.61 Å². The summed E-state index contributed by atoms with van der Waals surface area (Å²) < 4.78 is 45.7. The van der Waals surface area contributed by atoms with Gasteiger partial charge in [0, 0.05) is 35.7 Å². The van der Waals surface area contributed by atoms with Crippen LogP contribution in [0.1, 0.15) is 16.1 Å². The molecule has 5 nitrogen and oxygen atoms in total. The number of nitrogens with zero attached hydrogens (tertiary/aromatic N) is 2. The Morgan fingerprint density at radius 2 is 1.91 bits per heavy atom. The Bertz CT molecular complexity index is 1260. The average molecular weight is 460 g/mol. The Morgan fingerprint density at radius 1 is 1.16 bits per heavy atom. The van der Waals surface area contributed by atoms with Gasteiger partial charge >= 0.3 is 12.1 Å². The number of hydrogen-bond acceptors (Lipinski definition) is 4. The molecule has 2 aromatic carbocycles. The van der Waals surface area contributed by atoms with Crippen molar-refractivity contribution in [2.24, 2.45) is 0 Å². The number of benzene rings is 2. The summed E-state index contributed by atoms with van der Waals surface area (Å²) in [5.41, 5.74) is 1.76. The second-order valence-electron chi connectivity index (χ2n) is 7.26. The van der Waals surface area contributed by atoms with Gasteiger partial charge in [0.2, 0.25) is 0 Å². The van der Waals surface area contributed by atoms with E-state index in [-0.39, 0.29) is 0 Å². The highest BCUT2D eigenvalue weighted by Crippen LogP contribution is 2.33. The van der Waals surface area contributed by atoms with Gasteiger partial charge in [0.1, 0.15) is 10.8 Å². The van der Waals surface area contributed by atoms with Gasteiger partial charge in [-0.25, -0.2) is 9.78 Å². The van der Waals surface area contributed by atoms with Crippen molar-refractivity contribution < 1.29 is 27.8 Å². The maximum atomic E-state index is 12.8. The number of aryl methyl sites for hydroxylation is 3. The number of carboxylic acids is 1. The fraction of sp³-hybridized carbons (Fsp3) is 0.217. The Labute approximate surface area is 185 Å². The number of hydrogen-bond donors (Lipinski definition) is 1. The van der Waals surface area contributed by atoms with Gasteiger partial charge in [0.05, 0.1) is 16.8 Å². The van der Waals surface area contributed by atoms with Crippen LogP contribution in [-0.4, -0.2) is 27.2 Å². The summed E-state index contributed by atoms with van der Waals surface area (Å²) in [7, 11) is 0. The highest BCUT2D eigenvalue weighted by molar-refractivity contribution is 7.15. The fourth-order valence-electron chi connectivity index (χ4n) is 3.40. The predicted octanol–water partition coefficient (Wildman–Crippen LogP) is 5.80. The van der Waals surface area contributed by atoms with Crippen LogP contribution in [-0.2, 0) is 23.9 Å². The van der Waals surface area contributed by atoms with Crippen LogP contribution in [0.5, 0.6) is 5.75 Å². The number of aliphatic carboxylic acids is 1. The van der Waals surface area contributed by atoms with Gasteiger partial charge in [-0.05, 0) is 42.6 Å². The molecule has 0 bridgehead atoms. The summed E-state index contributed by atoms with van der Waals surface area (Å²) in [4.78, 5) is 16.3. The van der Waals surface area contributed by atoms with Gasteiger partial charge in [-0.1, -0.05) is 12.1 Å². The fourth-order valence-corrected chi connectivity index (χ4v) is 4.46. The van der Waals surface area contributed by atoms with Crippen LogP contribution in [0.2, 0.25) is 0 Å². The lowest BCUT2D eigenvalue weighted by molar-refractivity contribution is -0.139. The minimum atomic E-state index is -4.36. The quantitative estimate of drug-likeness (QED) is 0.379. The van der Waals surface area contributed by atoms with E-state index < -0.39 is 24.3 Å². The van der Waals surface area contributed by atoms with E-state index in [9.17, 15) is 18.0 Å². The van der Waals surface area contributed by atoms with E-state index >= 15 is 0 Å². The van der Waals surface area contributed by atoms with E-state index in [4.69, 9.17) is 9.84 Å². The standard InChI is InChI=1S/C23H19F3N2O3S/c1-14-20(32-22(27-14)16-2-5-17(6-3-16)23(24,25)26)9-11-28-10-8-15-4-7-18(12-19(15)28)31-13-21(29)30/h2-8,10,12H,9,11,13H2,1H3,(H,29,30). The number of alkyl halides is 3. The van der Waals surface area contributed by atoms with Crippen molar-refractivity contribution in [2.75, 3.05) is 6.61 Å². The monoisotopic (exact) mass is 460 g/mol. The number of aromatic nitrogens is 2. The predicted molar refractivity (Wildman–Crippen MR) is 116 cm³/mol. The lowest BCUT2D eigenvalue weighted by Gasteiger charge is -2.07. The number of carboxylic acid groups (broad SMARTS) is 1. The zero-order valence-corrected chi connectivity index (χ0v) is 17.8. The van der Waals surface area contributed by atoms with Crippen LogP contribution >= 0.6 is 11.3 Å². The largest absolute Gasteiger partial charge is 0.482 e. The van der Waals surface area contributed by atoms with Crippen molar-refractivity contribution in [3.05, 3.63) is 70.9 Å². The molecule has 0 aliphatic rings. The third kappa shape index (κ3) is 4.77. The minimum Gasteiger partial charge on any atom is -0.482 e. The Balaban J connectivity index is 1.50. The molecule has 9 heteroatoms. The van der Waals surface area contributed by atoms with Crippen LogP contribution in [0.25, 0.3) is 21.5 Å². The SMILES string of the molecule is Cc1nc(-c2ccc(C(F)(F)F)cc2)sc1CCn1ccc2ccc(OCC(=O)O)cc21. The number of fused-ring (bicyclic) bond motifs is 1. The molecule has 1 N–H and O–H groups in total. The molecule has 0 saturated heterocycles. The Morgan fingerprint density at radius 3 is 2.59 bits per heavy atom. The summed E-state index contributed by atoms with van der Waals surface area (Å²) in [6.45, 7) is 2.16. The Kier molecular flexibility index (Phi) is 5.92. The van der Waals surface area contributed by atoms with E-state index in [2.05, 4.69) is 9.55 Å². The second-order valence-corrected chi connectivity index (χ2v) is 8.35. The molecule has 0 aliphatic carbocycles. The molecule has 4 rings (SSSR count). The molecule has 166 valence electrons. The molecule has 0 aliphatic heterocycles. The minimum absolute atomic E-state index is 0.404. The van der Waals surface area contributed by atoms with Crippen molar-refractivity contribution in [3.8, 4) is 16.3 Å². The molecule has 0 amide bonds. The summed E-state index contributed by atoms with van der Waals surface area (Å²) in [6.07, 6.45) is -1.70. The number of ether oxygens (including phenoxy) is 1. The molecule has 2 aromatic heterocycles. The van der Waals surface area contributed by atoms with E-state index in [1.165, 1.54) is 23.5 Å². The van der Waals surface area contributed by atoms with Gasteiger partial charge in [0.25, 0.3) is 0 Å². The lowest BCUT2D eigenvalue weighted by atomic mass is 10.1. The summed E-state index contributed by atoms with van der Waals surface area (Å²) in [6, 6.07) is 12.4. The van der Waals surface area contributed by atoms with Gasteiger partial charge in [-0.2, -0.15) is 13.2 Å². The second kappa shape index (κ2) is 8.66. The molecule has 2 heterocycles. The molecule has 4 aromatic rings. The molecule has 0 atom stereocenters. The first-order valence-electron chi connectivity index (χ1n) is 9.78. The molecule has 0 unspecified atom stereocenters. The third-order valence-electron chi connectivity index (χ3n) is 5.04. The van der Waals surface area contributed by atoms with Crippen molar-refractivity contribution in [1.29, 1.82) is 0 Å². The lowest BCUT2D eigenvalue weighted by Crippen LogP contribution is -2.09. The van der Waals surface area contributed by atoms with Crippen LogP contribution in [0.4, 0.5) is 13.2 Å². The van der Waals surface area contributed by atoms with Crippen LogP contribution in [0.3, 0.4) is 0 Å². The normalized spacial score (nSPS) is 11.8. The van der Waals surface area contributed by atoms with E-state index in [1.54, 1.807) is 6.07 Å². The summed E-state index contributed by atoms with van der Waals surface area (Å²) in [5.74, 6) is -0.552. The van der Waals surface area contributed by atoms with Crippen molar-refractivity contribution in [1.82, 2.24) is 9.55 Å². The number of thiazole rings is 1. The average Bonchev–Trinajstić information content (AvgIpc) is 3.33. The first-order valence-corrected chi connectivity index (χ1v) is 10.6. The van der Waals surface area contributed by atoms with E-state index in [1.807, 2.05) is 31.3 Å². The molecule has 0 fully saturated rings. The topological polar surface area (TPSA) is 64.4 Å². The van der Waals surface area contributed by atoms with Crippen molar-refractivity contribution in [2.45, 2.75) is 26.1 Å². The first-order chi connectivity index (χ1) is 15.2.